The molecule has 0 fully saturated rings. The van der Waals surface area contributed by atoms with E-state index in [1.165, 1.54) is 12.1 Å². The van der Waals surface area contributed by atoms with E-state index in [0.717, 1.165) is 12.0 Å². The molecule has 7 nitrogen and oxygen atoms in total. The van der Waals surface area contributed by atoms with Crippen LogP contribution in [0.2, 0.25) is 0 Å². The molecule has 0 saturated heterocycles. The maximum absolute atomic E-state index is 11.6. The van der Waals surface area contributed by atoms with E-state index in [4.69, 9.17) is 4.74 Å². The Hall–Kier alpha value is -2.05. The van der Waals surface area contributed by atoms with Crippen LogP contribution in [0.15, 0.2) is 42.5 Å². The minimum Gasteiger partial charge on any atom is -0.504 e. The van der Waals surface area contributed by atoms with Gasteiger partial charge in [-0.25, -0.2) is 0 Å². The number of phenols is 2. The Morgan fingerprint density at radius 1 is 1.11 bits per heavy atom. The zero-order valence-electron chi connectivity index (χ0n) is 16.1. The van der Waals surface area contributed by atoms with Gasteiger partial charge in [0.15, 0.2) is 17.8 Å². The first kappa shape index (κ1) is 22.2. The number of rotatable bonds is 10. The molecule has 0 amide bonds. The SMILES string of the molecule is CCP(=O)(O)COc1ccc(CC(C)NCC(O)c2ccc(O)c(O)c2)cc1. The van der Waals surface area contributed by atoms with Crippen LogP contribution in [0.3, 0.4) is 0 Å². The molecule has 154 valence electrons. The number of aliphatic hydroxyl groups is 1. The van der Waals surface area contributed by atoms with Crippen LogP contribution in [0.25, 0.3) is 0 Å². The molecular formula is C20H28NO6P. The fourth-order valence-corrected chi connectivity index (χ4v) is 3.13. The molecule has 0 aliphatic heterocycles. The smallest absolute Gasteiger partial charge is 0.236 e. The second kappa shape index (κ2) is 9.94. The molecule has 3 unspecified atom stereocenters. The van der Waals surface area contributed by atoms with Crippen molar-refractivity contribution in [2.45, 2.75) is 32.4 Å². The zero-order chi connectivity index (χ0) is 20.7. The number of hydrogen-bond acceptors (Lipinski definition) is 6. The van der Waals surface area contributed by atoms with Crippen LogP contribution in [0.4, 0.5) is 0 Å². The standard InChI is InChI=1S/C20H28NO6P/c1-3-28(25,26)13-27-17-7-4-15(5-8-17)10-14(2)21-12-20(24)16-6-9-18(22)19(23)11-16/h4-9,11,14,20-24H,3,10,12-13H2,1-2H3,(H,25,26). The van der Waals surface area contributed by atoms with E-state index in [9.17, 15) is 24.8 Å². The number of phenolic OH excluding ortho intramolecular Hbond substituents is 2. The van der Waals surface area contributed by atoms with Crippen molar-refractivity contribution in [1.29, 1.82) is 0 Å². The van der Waals surface area contributed by atoms with Crippen LogP contribution in [-0.2, 0) is 11.0 Å². The van der Waals surface area contributed by atoms with Gasteiger partial charge in [0.2, 0.25) is 7.37 Å². The summed E-state index contributed by atoms with van der Waals surface area (Å²) in [5.41, 5.74) is 1.58. The topological polar surface area (TPSA) is 119 Å². The number of nitrogens with one attached hydrogen (secondary N) is 1. The largest absolute Gasteiger partial charge is 0.504 e. The van der Waals surface area contributed by atoms with Crippen LogP contribution < -0.4 is 10.1 Å². The van der Waals surface area contributed by atoms with Crippen molar-refractivity contribution >= 4 is 7.37 Å². The first-order valence-electron chi connectivity index (χ1n) is 9.16. The van der Waals surface area contributed by atoms with Gasteiger partial charge in [0, 0.05) is 18.7 Å². The molecule has 0 aromatic heterocycles. The van der Waals surface area contributed by atoms with E-state index in [1.807, 2.05) is 19.1 Å². The third-order valence-electron chi connectivity index (χ3n) is 4.44. The summed E-state index contributed by atoms with van der Waals surface area (Å²) in [5, 5.41) is 32.3. The van der Waals surface area contributed by atoms with Crippen molar-refractivity contribution in [3.63, 3.8) is 0 Å². The second-order valence-electron chi connectivity index (χ2n) is 6.86. The molecule has 2 aromatic carbocycles. The van der Waals surface area contributed by atoms with Crippen LogP contribution >= 0.6 is 7.37 Å². The summed E-state index contributed by atoms with van der Waals surface area (Å²) in [6, 6.07) is 11.7. The van der Waals surface area contributed by atoms with E-state index in [2.05, 4.69) is 5.32 Å². The fraction of sp³-hybridized carbons (Fsp3) is 0.400. The Labute approximate surface area is 165 Å². The highest BCUT2D eigenvalue weighted by Crippen LogP contribution is 2.39. The van der Waals surface area contributed by atoms with Gasteiger partial charge in [-0.3, -0.25) is 4.57 Å². The van der Waals surface area contributed by atoms with Crippen molar-refractivity contribution in [2.24, 2.45) is 0 Å². The van der Waals surface area contributed by atoms with Crippen molar-refractivity contribution in [1.82, 2.24) is 5.32 Å². The third-order valence-corrected chi connectivity index (χ3v) is 5.96. The van der Waals surface area contributed by atoms with Gasteiger partial charge in [-0.15, -0.1) is 0 Å². The van der Waals surface area contributed by atoms with E-state index in [-0.39, 0.29) is 30.1 Å². The number of aromatic hydroxyl groups is 2. The molecule has 0 bridgehead atoms. The van der Waals surface area contributed by atoms with Gasteiger partial charge in [-0.05, 0) is 48.7 Å². The van der Waals surface area contributed by atoms with Crippen LogP contribution in [0, 0.1) is 0 Å². The lowest BCUT2D eigenvalue weighted by Crippen LogP contribution is -2.32. The highest BCUT2D eigenvalue weighted by Gasteiger charge is 2.16. The molecule has 3 atom stereocenters. The molecule has 2 aromatic rings. The van der Waals surface area contributed by atoms with Crippen molar-refractivity contribution in [3.8, 4) is 17.2 Å². The Morgan fingerprint density at radius 2 is 1.79 bits per heavy atom. The maximum atomic E-state index is 11.6. The van der Waals surface area contributed by atoms with Gasteiger partial charge < -0.3 is 30.3 Å². The molecule has 0 heterocycles. The summed E-state index contributed by atoms with van der Waals surface area (Å²) in [7, 11) is -3.21. The average molecular weight is 409 g/mol. The Balaban J connectivity index is 1.81. The Kier molecular flexibility index (Phi) is 7.89. The number of ether oxygens (including phenoxy) is 1. The number of benzene rings is 2. The van der Waals surface area contributed by atoms with Crippen molar-refractivity contribution in [2.75, 3.05) is 19.1 Å². The molecule has 8 heteroatoms. The van der Waals surface area contributed by atoms with E-state index >= 15 is 0 Å². The van der Waals surface area contributed by atoms with Gasteiger partial charge in [-0.1, -0.05) is 25.1 Å². The molecule has 28 heavy (non-hydrogen) atoms. The lowest BCUT2D eigenvalue weighted by atomic mass is 10.1. The van der Waals surface area contributed by atoms with Gasteiger partial charge in [-0.2, -0.15) is 0 Å². The first-order chi connectivity index (χ1) is 13.2. The summed E-state index contributed by atoms with van der Waals surface area (Å²) in [5.74, 6) is 0.0687. The normalized spacial score (nSPS) is 15.6. The van der Waals surface area contributed by atoms with Crippen LogP contribution in [0.1, 0.15) is 31.1 Å². The fourth-order valence-electron chi connectivity index (χ4n) is 2.59. The average Bonchev–Trinajstić information content (AvgIpc) is 2.67. The molecule has 5 N–H and O–H groups in total. The Bertz CT molecular complexity index is 811. The predicted octanol–water partition coefficient (Wildman–Crippen LogP) is 2.98. The van der Waals surface area contributed by atoms with Crippen molar-refractivity contribution < 1.29 is 29.5 Å². The second-order valence-corrected chi connectivity index (χ2v) is 9.44. The molecule has 2 rings (SSSR count). The van der Waals surface area contributed by atoms with Gasteiger partial charge in [0.1, 0.15) is 5.75 Å². The summed E-state index contributed by atoms with van der Waals surface area (Å²) in [6.45, 7) is 3.95. The minimum atomic E-state index is -3.21. The number of aliphatic hydroxyl groups excluding tert-OH is 1. The quantitative estimate of drug-likeness (QED) is 0.302. The molecule has 0 saturated carbocycles. The summed E-state index contributed by atoms with van der Waals surface area (Å²) in [4.78, 5) is 9.55. The maximum Gasteiger partial charge on any atom is 0.236 e. The van der Waals surface area contributed by atoms with Crippen LogP contribution in [-0.4, -0.2) is 45.3 Å². The highest BCUT2D eigenvalue weighted by molar-refractivity contribution is 7.57. The summed E-state index contributed by atoms with van der Waals surface area (Å²) in [6.07, 6.45) is -0.0890. The van der Waals surface area contributed by atoms with E-state index in [0.29, 0.717) is 17.9 Å². The van der Waals surface area contributed by atoms with Crippen LogP contribution in [0.5, 0.6) is 17.2 Å². The Morgan fingerprint density at radius 3 is 2.39 bits per heavy atom. The van der Waals surface area contributed by atoms with Gasteiger partial charge in [0.05, 0.1) is 6.10 Å². The minimum absolute atomic E-state index is 0.0879. The van der Waals surface area contributed by atoms with E-state index in [1.54, 1.807) is 25.1 Å². The lowest BCUT2D eigenvalue weighted by Gasteiger charge is -2.18. The zero-order valence-corrected chi connectivity index (χ0v) is 17.0. The van der Waals surface area contributed by atoms with E-state index < -0.39 is 13.5 Å². The predicted molar refractivity (Wildman–Crippen MR) is 108 cm³/mol. The molecule has 0 spiro atoms. The highest BCUT2D eigenvalue weighted by atomic mass is 31.2. The summed E-state index contributed by atoms with van der Waals surface area (Å²) >= 11 is 0. The summed E-state index contributed by atoms with van der Waals surface area (Å²) < 4.78 is 17.0. The first-order valence-corrected chi connectivity index (χ1v) is 11.2. The van der Waals surface area contributed by atoms with Gasteiger partial charge >= 0.3 is 0 Å². The van der Waals surface area contributed by atoms with Gasteiger partial charge in [0.25, 0.3) is 0 Å². The van der Waals surface area contributed by atoms with Crippen molar-refractivity contribution in [3.05, 3.63) is 53.6 Å². The molecule has 0 aliphatic carbocycles. The molecule has 0 radical (unpaired) electrons. The molecular weight excluding hydrogens is 381 g/mol. The molecule has 0 aliphatic rings. The third kappa shape index (κ3) is 6.84. The number of hydrogen-bond donors (Lipinski definition) is 5. The lowest BCUT2D eigenvalue weighted by molar-refractivity contribution is 0.170. The monoisotopic (exact) mass is 409 g/mol.